The summed E-state index contributed by atoms with van der Waals surface area (Å²) in [6, 6.07) is 13.1. The van der Waals surface area contributed by atoms with Crippen LogP contribution in [0.1, 0.15) is 5.56 Å². The molecule has 6 heteroatoms. The predicted octanol–water partition coefficient (Wildman–Crippen LogP) is 3.33. The van der Waals surface area contributed by atoms with Crippen molar-refractivity contribution in [3.63, 3.8) is 0 Å². The van der Waals surface area contributed by atoms with Crippen molar-refractivity contribution < 1.29 is 0 Å². The Morgan fingerprint density at radius 3 is 2.75 bits per heavy atom. The van der Waals surface area contributed by atoms with Gasteiger partial charge in [-0.15, -0.1) is 11.6 Å². The van der Waals surface area contributed by atoms with Gasteiger partial charge in [-0.25, -0.2) is 9.98 Å². The minimum absolute atomic E-state index is 0.204. The number of hydrogen-bond acceptors (Lipinski definition) is 4. The van der Waals surface area contributed by atoms with Crippen LogP contribution < -0.4 is 5.73 Å². The predicted molar refractivity (Wildman–Crippen MR) is 81.5 cm³/mol. The number of pyridine rings is 1. The third kappa shape index (κ3) is 3.73. The van der Waals surface area contributed by atoms with Crippen LogP contribution in [0.3, 0.4) is 0 Å². The summed E-state index contributed by atoms with van der Waals surface area (Å²) >= 11 is 7.01. The van der Waals surface area contributed by atoms with Crippen LogP contribution in [-0.2, 0) is 0 Å². The maximum absolute atomic E-state index is 9.02. The summed E-state index contributed by atoms with van der Waals surface area (Å²) in [5.41, 5.74) is 6.88. The lowest BCUT2D eigenvalue weighted by atomic mass is 10.3. The molecule has 20 heavy (non-hydrogen) atoms. The summed E-state index contributed by atoms with van der Waals surface area (Å²) in [6.07, 6.45) is 1.67. The highest BCUT2D eigenvalue weighted by atomic mass is 35.5. The summed E-state index contributed by atoms with van der Waals surface area (Å²) < 4.78 is 0. The second-order valence-corrected chi connectivity index (χ2v) is 5.13. The molecule has 100 valence electrons. The molecular weight excluding hydrogens is 292 g/mol. The molecule has 2 rings (SSSR count). The fourth-order valence-electron chi connectivity index (χ4n) is 1.45. The van der Waals surface area contributed by atoms with E-state index in [-0.39, 0.29) is 5.88 Å². The molecule has 0 unspecified atom stereocenters. The van der Waals surface area contributed by atoms with Gasteiger partial charge >= 0.3 is 0 Å². The highest BCUT2D eigenvalue weighted by Gasteiger charge is 2.04. The summed E-state index contributed by atoms with van der Waals surface area (Å²) in [4.78, 5) is 9.32. The Balaban J connectivity index is 2.17. The molecule has 0 bridgehead atoms. The van der Waals surface area contributed by atoms with E-state index in [2.05, 4.69) is 16.0 Å². The van der Waals surface area contributed by atoms with Crippen molar-refractivity contribution in [1.82, 2.24) is 4.98 Å². The SMILES string of the molecule is N#Cc1cccnc1Sc1ccc(N=C(N)CCl)cc1. The maximum atomic E-state index is 9.02. The Morgan fingerprint density at radius 1 is 1.35 bits per heavy atom. The smallest absolute Gasteiger partial charge is 0.119 e. The molecule has 0 fully saturated rings. The van der Waals surface area contributed by atoms with E-state index in [0.717, 1.165) is 10.6 Å². The number of benzene rings is 1. The molecule has 0 aliphatic rings. The van der Waals surface area contributed by atoms with Gasteiger partial charge in [0.25, 0.3) is 0 Å². The van der Waals surface area contributed by atoms with Gasteiger partial charge in [-0.3, -0.25) is 0 Å². The summed E-state index contributed by atoms with van der Waals surface area (Å²) in [5.74, 6) is 0.583. The average molecular weight is 303 g/mol. The van der Waals surface area contributed by atoms with E-state index in [9.17, 15) is 0 Å². The van der Waals surface area contributed by atoms with Crippen molar-refractivity contribution in [3.8, 4) is 6.07 Å². The Kier molecular flexibility index (Phi) is 4.99. The summed E-state index contributed by atoms with van der Waals surface area (Å²) in [6.45, 7) is 0. The van der Waals surface area contributed by atoms with Gasteiger partial charge in [0, 0.05) is 11.1 Å². The van der Waals surface area contributed by atoms with Crippen LogP contribution in [0.2, 0.25) is 0 Å². The Morgan fingerprint density at radius 2 is 2.10 bits per heavy atom. The normalized spacial score (nSPS) is 11.1. The third-order valence-electron chi connectivity index (χ3n) is 2.35. The van der Waals surface area contributed by atoms with Crippen molar-refractivity contribution in [3.05, 3.63) is 48.2 Å². The Bertz CT molecular complexity index is 662. The van der Waals surface area contributed by atoms with Gasteiger partial charge in [-0.1, -0.05) is 11.8 Å². The lowest BCUT2D eigenvalue weighted by Crippen LogP contribution is -2.12. The van der Waals surface area contributed by atoms with Gasteiger partial charge < -0.3 is 5.73 Å². The highest BCUT2D eigenvalue weighted by Crippen LogP contribution is 2.29. The number of nitrogens with two attached hydrogens (primary N) is 1. The topological polar surface area (TPSA) is 75.1 Å². The number of amidine groups is 1. The van der Waals surface area contributed by atoms with Crippen LogP contribution in [0.15, 0.2) is 57.5 Å². The monoisotopic (exact) mass is 302 g/mol. The molecule has 2 N–H and O–H groups in total. The van der Waals surface area contributed by atoms with E-state index < -0.39 is 0 Å². The summed E-state index contributed by atoms with van der Waals surface area (Å²) in [7, 11) is 0. The number of hydrogen-bond donors (Lipinski definition) is 1. The molecule has 2 aromatic rings. The lowest BCUT2D eigenvalue weighted by Gasteiger charge is -2.03. The fourth-order valence-corrected chi connectivity index (χ4v) is 2.35. The maximum Gasteiger partial charge on any atom is 0.119 e. The van der Waals surface area contributed by atoms with Crippen LogP contribution in [0, 0.1) is 11.3 Å². The van der Waals surface area contributed by atoms with Gasteiger partial charge in [0.15, 0.2) is 0 Å². The van der Waals surface area contributed by atoms with E-state index in [1.807, 2.05) is 24.3 Å². The zero-order chi connectivity index (χ0) is 14.4. The van der Waals surface area contributed by atoms with Crippen LogP contribution in [-0.4, -0.2) is 16.7 Å². The number of halogens is 1. The number of aliphatic imine (C=N–C) groups is 1. The quantitative estimate of drug-likeness (QED) is 0.534. The van der Waals surface area contributed by atoms with Gasteiger partial charge in [0.05, 0.1) is 17.1 Å². The molecule has 0 radical (unpaired) electrons. The lowest BCUT2D eigenvalue weighted by molar-refractivity contribution is 1.11. The molecule has 0 saturated carbocycles. The van der Waals surface area contributed by atoms with Crippen molar-refractivity contribution in [2.75, 3.05) is 5.88 Å². The van der Waals surface area contributed by atoms with Gasteiger partial charge in [-0.2, -0.15) is 5.26 Å². The van der Waals surface area contributed by atoms with Gasteiger partial charge in [0.1, 0.15) is 16.9 Å². The zero-order valence-electron chi connectivity index (χ0n) is 10.5. The third-order valence-corrected chi connectivity index (χ3v) is 3.65. The molecule has 1 aromatic carbocycles. The molecule has 0 saturated heterocycles. The first kappa shape index (κ1) is 14.4. The Hall–Kier alpha value is -2.03. The number of nitriles is 1. The second-order valence-electron chi connectivity index (χ2n) is 3.80. The molecule has 1 heterocycles. The number of rotatable bonds is 4. The van der Waals surface area contributed by atoms with Gasteiger partial charge in [0.2, 0.25) is 0 Å². The first-order chi connectivity index (χ1) is 9.72. The summed E-state index contributed by atoms with van der Waals surface area (Å²) in [5, 5.41) is 9.71. The van der Waals surface area contributed by atoms with Crippen LogP contribution in [0.5, 0.6) is 0 Å². The van der Waals surface area contributed by atoms with E-state index in [0.29, 0.717) is 16.4 Å². The molecular formula is C14H11ClN4S. The van der Waals surface area contributed by atoms with Crippen molar-refractivity contribution in [2.24, 2.45) is 10.7 Å². The minimum atomic E-state index is 0.204. The largest absolute Gasteiger partial charge is 0.386 e. The molecule has 0 spiro atoms. The van der Waals surface area contributed by atoms with Crippen molar-refractivity contribution in [1.29, 1.82) is 5.26 Å². The van der Waals surface area contributed by atoms with Gasteiger partial charge in [-0.05, 0) is 36.4 Å². The Labute approximate surface area is 126 Å². The molecule has 4 nitrogen and oxygen atoms in total. The van der Waals surface area contributed by atoms with Crippen LogP contribution in [0.4, 0.5) is 5.69 Å². The van der Waals surface area contributed by atoms with Crippen molar-refractivity contribution >= 4 is 34.9 Å². The minimum Gasteiger partial charge on any atom is -0.386 e. The van der Waals surface area contributed by atoms with E-state index in [1.165, 1.54) is 11.8 Å². The zero-order valence-corrected chi connectivity index (χ0v) is 12.0. The molecule has 0 atom stereocenters. The number of nitrogens with zero attached hydrogens (tertiary/aromatic N) is 3. The van der Waals surface area contributed by atoms with E-state index >= 15 is 0 Å². The molecule has 0 aliphatic heterocycles. The van der Waals surface area contributed by atoms with Crippen molar-refractivity contribution in [2.45, 2.75) is 9.92 Å². The number of aromatic nitrogens is 1. The second kappa shape index (κ2) is 6.94. The van der Waals surface area contributed by atoms with Crippen LogP contribution in [0.25, 0.3) is 0 Å². The molecule has 0 aliphatic carbocycles. The van der Waals surface area contributed by atoms with E-state index in [4.69, 9.17) is 22.6 Å². The highest BCUT2D eigenvalue weighted by molar-refractivity contribution is 7.99. The molecule has 0 amide bonds. The van der Waals surface area contributed by atoms with Crippen LogP contribution >= 0.6 is 23.4 Å². The number of alkyl halides is 1. The van der Waals surface area contributed by atoms with E-state index in [1.54, 1.807) is 18.3 Å². The first-order valence-corrected chi connectivity index (χ1v) is 7.10. The molecule has 1 aromatic heterocycles. The average Bonchev–Trinajstić information content (AvgIpc) is 2.49. The standard InChI is InChI=1S/C14H11ClN4S/c15-8-13(17)19-11-3-5-12(6-4-11)20-14-10(9-16)2-1-7-18-14/h1-7H,8H2,(H2,17,19). The first-order valence-electron chi connectivity index (χ1n) is 5.75. The fraction of sp³-hybridized carbons (Fsp3) is 0.0714.